The molecule has 0 bridgehead atoms. The third-order valence-electron chi connectivity index (χ3n) is 3.33. The molecule has 3 heteroatoms. The monoisotopic (exact) mass is 269 g/mol. The van der Waals surface area contributed by atoms with Gasteiger partial charge in [0.25, 0.3) is 0 Å². The molecule has 0 heterocycles. The maximum absolute atomic E-state index is 13.9. The molecule has 0 aromatic heterocycles. The molecule has 2 N–H and O–H groups in total. The molecule has 0 saturated heterocycles. The Hall–Kier alpha value is -0.540. The van der Waals surface area contributed by atoms with Crippen LogP contribution in [0.5, 0.6) is 0 Å². The van der Waals surface area contributed by atoms with Crippen molar-refractivity contribution in [2.24, 2.45) is 11.7 Å². The van der Waals surface area contributed by atoms with Crippen molar-refractivity contribution in [3.05, 3.63) is 35.6 Å². The maximum atomic E-state index is 13.9. The Kier molecular flexibility index (Phi) is 6.72. The molecule has 0 spiro atoms. The Morgan fingerprint density at radius 1 is 1.22 bits per heavy atom. The molecule has 102 valence electrons. The highest BCUT2D eigenvalue weighted by Crippen LogP contribution is 2.35. The van der Waals surface area contributed by atoms with E-state index in [2.05, 4.69) is 20.8 Å². The molecule has 1 rings (SSSR count). The van der Waals surface area contributed by atoms with E-state index in [9.17, 15) is 4.39 Å². The van der Waals surface area contributed by atoms with Gasteiger partial charge in [-0.2, -0.15) is 11.8 Å². The second kappa shape index (κ2) is 7.80. The summed E-state index contributed by atoms with van der Waals surface area (Å²) in [5.74, 6) is 1.54. The van der Waals surface area contributed by atoms with Gasteiger partial charge in [0.05, 0.1) is 0 Å². The smallest absolute Gasteiger partial charge is 0.127 e. The van der Waals surface area contributed by atoms with Crippen molar-refractivity contribution in [1.82, 2.24) is 0 Å². The fourth-order valence-corrected chi connectivity index (χ4v) is 3.33. The first-order chi connectivity index (χ1) is 8.60. The minimum atomic E-state index is -0.136. The zero-order chi connectivity index (χ0) is 13.5. The van der Waals surface area contributed by atoms with Crippen molar-refractivity contribution >= 4 is 11.8 Å². The van der Waals surface area contributed by atoms with Crippen LogP contribution in [-0.2, 0) is 0 Å². The molecule has 0 amide bonds. The van der Waals surface area contributed by atoms with Gasteiger partial charge in [0.2, 0.25) is 0 Å². The number of halogens is 1. The predicted molar refractivity (Wildman–Crippen MR) is 79.3 cm³/mol. The van der Waals surface area contributed by atoms with Crippen molar-refractivity contribution in [1.29, 1.82) is 0 Å². The van der Waals surface area contributed by atoms with Gasteiger partial charge in [0.1, 0.15) is 5.82 Å². The zero-order valence-corrected chi connectivity index (χ0v) is 12.3. The first-order valence-corrected chi connectivity index (χ1v) is 7.76. The van der Waals surface area contributed by atoms with E-state index in [0.717, 1.165) is 24.2 Å². The van der Waals surface area contributed by atoms with Crippen molar-refractivity contribution in [2.45, 2.75) is 44.9 Å². The quantitative estimate of drug-likeness (QED) is 0.794. The molecule has 3 unspecified atom stereocenters. The highest BCUT2D eigenvalue weighted by Gasteiger charge is 2.22. The Morgan fingerprint density at radius 2 is 1.89 bits per heavy atom. The van der Waals surface area contributed by atoms with E-state index in [1.165, 1.54) is 6.07 Å². The van der Waals surface area contributed by atoms with E-state index in [4.69, 9.17) is 5.73 Å². The van der Waals surface area contributed by atoms with Crippen LogP contribution in [0.25, 0.3) is 0 Å². The van der Waals surface area contributed by atoms with Gasteiger partial charge in [-0.1, -0.05) is 45.4 Å². The molecule has 3 atom stereocenters. The molecular weight excluding hydrogens is 245 g/mol. The minimum Gasteiger partial charge on any atom is -0.326 e. The lowest BCUT2D eigenvalue weighted by Crippen LogP contribution is -2.27. The van der Waals surface area contributed by atoms with Crippen LogP contribution in [0.3, 0.4) is 0 Å². The molecule has 0 fully saturated rings. The van der Waals surface area contributed by atoms with Gasteiger partial charge < -0.3 is 5.73 Å². The second-order valence-corrected chi connectivity index (χ2v) is 6.04. The molecule has 0 saturated carbocycles. The molecule has 18 heavy (non-hydrogen) atoms. The summed E-state index contributed by atoms with van der Waals surface area (Å²) >= 11 is 1.79. The summed E-state index contributed by atoms with van der Waals surface area (Å²) in [5, 5.41) is 0.0604. The average Bonchev–Trinajstić information content (AvgIpc) is 2.40. The maximum Gasteiger partial charge on any atom is 0.127 e. The van der Waals surface area contributed by atoms with E-state index >= 15 is 0 Å². The minimum absolute atomic E-state index is 0.0101. The summed E-state index contributed by atoms with van der Waals surface area (Å²) in [5.41, 5.74) is 6.91. The Balaban J connectivity index is 2.82. The summed E-state index contributed by atoms with van der Waals surface area (Å²) in [6.45, 7) is 6.47. The molecule has 0 aliphatic carbocycles. The van der Waals surface area contributed by atoms with Crippen molar-refractivity contribution < 1.29 is 4.39 Å². The Bertz CT molecular complexity index is 356. The third-order valence-corrected chi connectivity index (χ3v) is 5.05. The fraction of sp³-hybridized carbons (Fsp3) is 0.600. The average molecular weight is 269 g/mol. The van der Waals surface area contributed by atoms with Crippen LogP contribution in [0, 0.1) is 11.7 Å². The van der Waals surface area contributed by atoms with E-state index < -0.39 is 0 Å². The van der Waals surface area contributed by atoms with Crippen LogP contribution in [0.2, 0.25) is 0 Å². The van der Waals surface area contributed by atoms with Crippen molar-refractivity contribution in [3.63, 3.8) is 0 Å². The van der Waals surface area contributed by atoms with Gasteiger partial charge in [0.15, 0.2) is 0 Å². The first kappa shape index (κ1) is 15.5. The van der Waals surface area contributed by atoms with Gasteiger partial charge in [0, 0.05) is 16.9 Å². The number of thioether (sulfide) groups is 1. The van der Waals surface area contributed by atoms with Gasteiger partial charge in [-0.05, 0) is 24.2 Å². The molecular formula is C15H24FNS. The van der Waals surface area contributed by atoms with Crippen LogP contribution in [0.4, 0.5) is 4.39 Å². The van der Waals surface area contributed by atoms with Gasteiger partial charge in [-0.25, -0.2) is 4.39 Å². The lowest BCUT2D eigenvalue weighted by Gasteiger charge is -2.24. The second-order valence-electron chi connectivity index (χ2n) is 4.86. The lowest BCUT2D eigenvalue weighted by atomic mass is 10.0. The molecule has 0 aliphatic heterocycles. The van der Waals surface area contributed by atoms with Gasteiger partial charge in [-0.15, -0.1) is 0 Å². The fourth-order valence-electron chi connectivity index (χ4n) is 1.75. The molecule has 1 aromatic carbocycles. The number of rotatable bonds is 7. The van der Waals surface area contributed by atoms with Crippen LogP contribution in [-0.4, -0.2) is 11.8 Å². The van der Waals surface area contributed by atoms with Gasteiger partial charge in [-0.3, -0.25) is 0 Å². The first-order valence-electron chi connectivity index (χ1n) is 6.71. The van der Waals surface area contributed by atoms with Crippen molar-refractivity contribution in [2.75, 3.05) is 5.75 Å². The highest BCUT2D eigenvalue weighted by molar-refractivity contribution is 7.99. The summed E-state index contributed by atoms with van der Waals surface area (Å²) in [6, 6.07) is 7.01. The normalized spacial score (nSPS) is 16.3. The predicted octanol–water partition coefficient (Wildman–Crippen LogP) is 4.38. The summed E-state index contributed by atoms with van der Waals surface area (Å²) in [6.07, 6.45) is 2.02. The number of hydrogen-bond acceptors (Lipinski definition) is 2. The third kappa shape index (κ3) is 4.29. The zero-order valence-electron chi connectivity index (χ0n) is 11.5. The van der Waals surface area contributed by atoms with Crippen LogP contribution < -0.4 is 5.73 Å². The van der Waals surface area contributed by atoms with Crippen LogP contribution in [0.1, 0.15) is 44.4 Å². The SMILES string of the molecule is CCC(C)CSC(c1ccccc1F)C(N)CC. The number of nitrogens with two attached hydrogens (primary N) is 1. The van der Waals surface area contributed by atoms with E-state index in [1.807, 2.05) is 12.1 Å². The molecule has 1 aromatic rings. The topological polar surface area (TPSA) is 26.0 Å². The van der Waals surface area contributed by atoms with E-state index in [-0.39, 0.29) is 17.1 Å². The number of hydrogen-bond donors (Lipinski definition) is 1. The Labute approximate surface area is 114 Å². The van der Waals surface area contributed by atoms with Crippen molar-refractivity contribution in [3.8, 4) is 0 Å². The highest BCUT2D eigenvalue weighted by atomic mass is 32.2. The lowest BCUT2D eigenvalue weighted by molar-refractivity contribution is 0.569. The van der Waals surface area contributed by atoms with Crippen LogP contribution >= 0.6 is 11.8 Å². The largest absolute Gasteiger partial charge is 0.326 e. The van der Waals surface area contributed by atoms with E-state index in [0.29, 0.717) is 5.92 Å². The molecule has 0 radical (unpaired) electrons. The number of benzene rings is 1. The summed E-state index contributed by atoms with van der Waals surface area (Å²) < 4.78 is 13.9. The summed E-state index contributed by atoms with van der Waals surface area (Å²) in [4.78, 5) is 0. The molecule has 0 aliphatic rings. The van der Waals surface area contributed by atoms with Gasteiger partial charge >= 0.3 is 0 Å². The summed E-state index contributed by atoms with van der Waals surface area (Å²) in [7, 11) is 0. The molecule has 1 nitrogen and oxygen atoms in total. The van der Waals surface area contributed by atoms with E-state index in [1.54, 1.807) is 17.8 Å². The van der Waals surface area contributed by atoms with Crippen LogP contribution in [0.15, 0.2) is 24.3 Å². The Morgan fingerprint density at radius 3 is 2.44 bits per heavy atom. The standard InChI is InChI=1S/C15H24FNS/c1-4-11(3)10-18-15(14(17)5-2)12-8-6-7-9-13(12)16/h6-9,11,14-15H,4-5,10,17H2,1-3H3.